The van der Waals surface area contributed by atoms with Gasteiger partial charge in [-0.05, 0) is 19.1 Å². The molecule has 0 saturated carbocycles. The largest absolute Gasteiger partial charge is 0.506 e. The monoisotopic (exact) mass is 357 g/mol. The number of carbonyl (C=O) groups excluding carboxylic acids is 1. The number of nitrogens with one attached hydrogen (secondary N) is 1. The van der Waals surface area contributed by atoms with E-state index in [4.69, 9.17) is 9.63 Å². The van der Waals surface area contributed by atoms with Crippen molar-refractivity contribution in [3.05, 3.63) is 57.7 Å². The van der Waals surface area contributed by atoms with E-state index < -0.39 is 35.3 Å². The third-order valence-corrected chi connectivity index (χ3v) is 3.77. The average molecular weight is 357 g/mol. The Morgan fingerprint density at radius 1 is 1.31 bits per heavy atom. The Morgan fingerprint density at radius 3 is 2.69 bits per heavy atom. The number of aromatic nitrogens is 2. The second-order valence-electron chi connectivity index (χ2n) is 5.64. The summed E-state index contributed by atoms with van der Waals surface area (Å²) in [6.45, 7) is 1.06. The van der Waals surface area contributed by atoms with Gasteiger partial charge in [-0.3, -0.25) is 14.4 Å². The zero-order chi connectivity index (χ0) is 18.8. The molecule has 3 rings (SSSR count). The van der Waals surface area contributed by atoms with Gasteiger partial charge in [-0.25, -0.2) is 0 Å². The molecule has 1 amide bonds. The van der Waals surface area contributed by atoms with E-state index in [1.54, 1.807) is 37.3 Å². The average Bonchev–Trinajstić information content (AvgIpc) is 3.02. The molecule has 0 saturated heterocycles. The van der Waals surface area contributed by atoms with E-state index in [1.165, 1.54) is 4.57 Å². The van der Waals surface area contributed by atoms with Crippen LogP contribution in [0.25, 0.3) is 10.9 Å². The molecule has 0 spiro atoms. The molecule has 0 bridgehead atoms. The summed E-state index contributed by atoms with van der Waals surface area (Å²) in [6.07, 6.45) is 0. The zero-order valence-electron chi connectivity index (χ0n) is 13.7. The predicted molar refractivity (Wildman–Crippen MR) is 90.2 cm³/mol. The number of hydrogen-bond donors (Lipinski definition) is 3. The van der Waals surface area contributed by atoms with Crippen molar-refractivity contribution in [1.29, 1.82) is 0 Å². The van der Waals surface area contributed by atoms with Gasteiger partial charge in [0, 0.05) is 11.5 Å². The van der Waals surface area contributed by atoms with Gasteiger partial charge in [-0.2, -0.15) is 0 Å². The minimum atomic E-state index is -1.27. The SMILES string of the molecule is Cc1cc(Cn2c(=O)c(C(=O)NCC(=O)O)c(O)c3ccccc32)no1. The van der Waals surface area contributed by atoms with Crippen LogP contribution in [0.15, 0.2) is 39.6 Å². The minimum Gasteiger partial charge on any atom is -0.506 e. The van der Waals surface area contributed by atoms with E-state index in [0.717, 1.165) is 0 Å². The molecule has 0 aliphatic rings. The van der Waals surface area contributed by atoms with Crippen molar-refractivity contribution < 1.29 is 24.3 Å². The zero-order valence-corrected chi connectivity index (χ0v) is 13.7. The maximum Gasteiger partial charge on any atom is 0.322 e. The molecule has 0 radical (unpaired) electrons. The second-order valence-corrected chi connectivity index (χ2v) is 5.64. The summed E-state index contributed by atoms with van der Waals surface area (Å²) in [7, 11) is 0. The van der Waals surface area contributed by atoms with E-state index in [2.05, 4.69) is 10.5 Å². The Balaban J connectivity index is 2.17. The summed E-state index contributed by atoms with van der Waals surface area (Å²) in [6, 6.07) is 8.18. The number of fused-ring (bicyclic) bond motifs is 1. The summed E-state index contributed by atoms with van der Waals surface area (Å²) in [5.74, 6) is -2.17. The molecule has 2 aromatic heterocycles. The van der Waals surface area contributed by atoms with Crippen LogP contribution in [0, 0.1) is 6.92 Å². The van der Waals surface area contributed by atoms with Gasteiger partial charge in [-0.1, -0.05) is 17.3 Å². The number of carbonyl (C=O) groups is 2. The van der Waals surface area contributed by atoms with Crippen LogP contribution in [-0.2, 0) is 11.3 Å². The first-order chi connectivity index (χ1) is 12.4. The number of aryl methyl sites for hydroxylation is 1. The number of hydrogen-bond acceptors (Lipinski definition) is 6. The highest BCUT2D eigenvalue weighted by atomic mass is 16.5. The van der Waals surface area contributed by atoms with Gasteiger partial charge in [0.1, 0.15) is 29.3 Å². The lowest BCUT2D eigenvalue weighted by molar-refractivity contribution is -0.135. The molecule has 1 aromatic carbocycles. The number of benzene rings is 1. The molecule has 134 valence electrons. The first-order valence-electron chi connectivity index (χ1n) is 7.65. The number of carboxylic acid groups (broad SMARTS) is 1. The Kier molecular flexibility index (Phi) is 4.44. The number of carboxylic acids is 1. The van der Waals surface area contributed by atoms with Crippen molar-refractivity contribution in [2.75, 3.05) is 6.54 Å². The predicted octanol–water partition coefficient (Wildman–Crippen LogP) is 0.866. The molecule has 0 fully saturated rings. The first kappa shape index (κ1) is 17.2. The maximum absolute atomic E-state index is 12.8. The Hall–Kier alpha value is -3.62. The number of rotatable bonds is 5. The molecule has 9 nitrogen and oxygen atoms in total. The molecule has 0 atom stereocenters. The lowest BCUT2D eigenvalue weighted by Gasteiger charge is -2.13. The first-order valence-corrected chi connectivity index (χ1v) is 7.65. The van der Waals surface area contributed by atoms with E-state index in [-0.39, 0.29) is 11.9 Å². The normalized spacial score (nSPS) is 10.8. The van der Waals surface area contributed by atoms with Gasteiger partial charge in [0.05, 0.1) is 12.1 Å². The van der Waals surface area contributed by atoms with Crippen LogP contribution >= 0.6 is 0 Å². The molecule has 3 N–H and O–H groups in total. The fraction of sp³-hybridized carbons (Fsp3) is 0.176. The Bertz CT molecular complexity index is 1070. The highest BCUT2D eigenvalue weighted by molar-refractivity contribution is 6.03. The van der Waals surface area contributed by atoms with E-state index in [0.29, 0.717) is 17.0 Å². The van der Waals surface area contributed by atoms with Crippen LogP contribution in [0.3, 0.4) is 0 Å². The van der Waals surface area contributed by atoms with Crippen LogP contribution in [0.2, 0.25) is 0 Å². The topological polar surface area (TPSA) is 135 Å². The standard InChI is InChI=1S/C17H15N3O6/c1-9-6-10(19-26-9)8-20-12-5-3-2-4-11(12)15(23)14(17(20)25)16(24)18-7-13(21)22/h2-6,23H,7-8H2,1H3,(H,18,24)(H,21,22). The Morgan fingerprint density at radius 2 is 2.04 bits per heavy atom. The highest BCUT2D eigenvalue weighted by Gasteiger charge is 2.23. The molecule has 3 aromatic rings. The lowest BCUT2D eigenvalue weighted by atomic mass is 10.1. The van der Waals surface area contributed by atoms with Gasteiger partial charge >= 0.3 is 5.97 Å². The Labute approximate surface area is 146 Å². The van der Waals surface area contributed by atoms with E-state index >= 15 is 0 Å². The van der Waals surface area contributed by atoms with Crippen LogP contribution < -0.4 is 10.9 Å². The van der Waals surface area contributed by atoms with Crippen molar-refractivity contribution in [2.45, 2.75) is 13.5 Å². The van der Waals surface area contributed by atoms with Crippen LogP contribution in [-0.4, -0.2) is 38.4 Å². The molecule has 0 unspecified atom stereocenters. The summed E-state index contributed by atoms with van der Waals surface area (Å²) in [5, 5.41) is 25.3. The van der Waals surface area contributed by atoms with Crippen molar-refractivity contribution >= 4 is 22.8 Å². The van der Waals surface area contributed by atoms with Crippen LogP contribution in [0.5, 0.6) is 5.75 Å². The fourth-order valence-electron chi connectivity index (χ4n) is 2.65. The van der Waals surface area contributed by atoms with Gasteiger partial charge in [0.25, 0.3) is 11.5 Å². The van der Waals surface area contributed by atoms with E-state index in [1.807, 2.05) is 0 Å². The molecule has 26 heavy (non-hydrogen) atoms. The quantitative estimate of drug-likeness (QED) is 0.616. The number of nitrogens with zero attached hydrogens (tertiary/aromatic N) is 2. The van der Waals surface area contributed by atoms with Gasteiger partial charge in [0.2, 0.25) is 0 Å². The lowest BCUT2D eigenvalue weighted by Crippen LogP contribution is -2.36. The second kappa shape index (κ2) is 6.71. The van der Waals surface area contributed by atoms with Gasteiger partial charge < -0.3 is 24.6 Å². The summed E-state index contributed by atoms with van der Waals surface area (Å²) in [5.41, 5.74) is -0.405. The minimum absolute atomic E-state index is 0.0240. The van der Waals surface area contributed by atoms with Gasteiger partial charge in [0.15, 0.2) is 0 Å². The smallest absolute Gasteiger partial charge is 0.322 e. The highest BCUT2D eigenvalue weighted by Crippen LogP contribution is 2.26. The number of para-hydroxylation sites is 1. The van der Waals surface area contributed by atoms with Crippen molar-refractivity contribution in [3.8, 4) is 5.75 Å². The molecule has 9 heteroatoms. The molecule has 0 aliphatic carbocycles. The third-order valence-electron chi connectivity index (χ3n) is 3.77. The van der Waals surface area contributed by atoms with E-state index in [9.17, 15) is 19.5 Å². The summed E-state index contributed by atoms with van der Waals surface area (Å²) in [4.78, 5) is 35.7. The third kappa shape index (κ3) is 3.14. The molecular formula is C17H15N3O6. The van der Waals surface area contributed by atoms with Crippen molar-refractivity contribution in [2.24, 2.45) is 0 Å². The van der Waals surface area contributed by atoms with Crippen LogP contribution in [0.4, 0.5) is 0 Å². The fourth-order valence-corrected chi connectivity index (χ4v) is 2.65. The molecular weight excluding hydrogens is 342 g/mol. The molecule has 2 heterocycles. The maximum atomic E-state index is 12.8. The number of amides is 1. The number of aliphatic carboxylic acids is 1. The number of pyridine rings is 1. The van der Waals surface area contributed by atoms with Crippen molar-refractivity contribution in [1.82, 2.24) is 15.0 Å². The van der Waals surface area contributed by atoms with Crippen molar-refractivity contribution in [3.63, 3.8) is 0 Å². The van der Waals surface area contributed by atoms with Crippen LogP contribution in [0.1, 0.15) is 21.8 Å². The van der Waals surface area contributed by atoms with Gasteiger partial charge in [-0.15, -0.1) is 0 Å². The summed E-state index contributed by atoms with van der Waals surface area (Å²) < 4.78 is 6.28. The number of aromatic hydroxyl groups is 1. The molecule has 0 aliphatic heterocycles. The summed E-state index contributed by atoms with van der Waals surface area (Å²) >= 11 is 0.